The van der Waals surface area contributed by atoms with Gasteiger partial charge in [-0.25, -0.2) is 17.2 Å². The van der Waals surface area contributed by atoms with Crippen molar-refractivity contribution < 1.29 is 22.0 Å². The number of anilines is 1. The lowest BCUT2D eigenvalue weighted by Gasteiger charge is -2.22. The van der Waals surface area contributed by atoms with Gasteiger partial charge in [0.15, 0.2) is 0 Å². The summed E-state index contributed by atoms with van der Waals surface area (Å²) in [5.41, 5.74) is 0.824. The smallest absolute Gasteiger partial charge is 0.246 e. The Labute approximate surface area is 178 Å². The number of carbonyl (C=O) groups excluding carboxylic acids is 1. The van der Waals surface area contributed by atoms with E-state index in [1.807, 2.05) is 0 Å². The average Bonchev–Trinajstić information content (AvgIpc) is 2.71. The number of hydrogen-bond acceptors (Lipinski definition) is 3. The summed E-state index contributed by atoms with van der Waals surface area (Å²) in [6, 6.07) is 17.1. The van der Waals surface area contributed by atoms with Crippen molar-refractivity contribution in [2.24, 2.45) is 0 Å². The van der Waals surface area contributed by atoms with E-state index in [-0.39, 0.29) is 17.3 Å². The largest absolute Gasteiger partial charge is 0.325 e. The van der Waals surface area contributed by atoms with Crippen molar-refractivity contribution in [3.63, 3.8) is 0 Å². The predicted octanol–water partition coefficient (Wildman–Crippen LogP) is 4.45. The summed E-state index contributed by atoms with van der Waals surface area (Å²) < 4.78 is 54.5. The summed E-state index contributed by atoms with van der Waals surface area (Å²) in [7, 11) is -4.32. The number of amides is 1. The van der Waals surface area contributed by atoms with Gasteiger partial charge >= 0.3 is 0 Å². The van der Waals surface area contributed by atoms with Crippen molar-refractivity contribution >= 4 is 33.2 Å². The molecule has 0 saturated carbocycles. The van der Waals surface area contributed by atoms with Crippen LogP contribution >= 0.6 is 11.6 Å². The van der Waals surface area contributed by atoms with Crippen LogP contribution in [0.2, 0.25) is 5.02 Å². The Morgan fingerprint density at radius 2 is 1.60 bits per heavy atom. The minimum absolute atomic E-state index is 0.144. The maximum Gasteiger partial charge on any atom is 0.246 e. The summed E-state index contributed by atoms with van der Waals surface area (Å²) >= 11 is 5.71. The van der Waals surface area contributed by atoms with Crippen molar-refractivity contribution in [3.8, 4) is 0 Å². The Hall–Kier alpha value is -2.81. The van der Waals surface area contributed by atoms with Gasteiger partial charge in [-0.2, -0.15) is 4.31 Å². The molecule has 0 unspecified atom stereocenters. The van der Waals surface area contributed by atoms with Gasteiger partial charge < -0.3 is 5.32 Å². The molecule has 1 amide bonds. The molecule has 0 bridgehead atoms. The zero-order chi connectivity index (χ0) is 21.7. The third-order valence-electron chi connectivity index (χ3n) is 4.18. The van der Waals surface area contributed by atoms with Gasteiger partial charge in [0.1, 0.15) is 16.5 Å². The van der Waals surface area contributed by atoms with E-state index in [2.05, 4.69) is 5.32 Å². The average molecular weight is 451 g/mol. The summed E-state index contributed by atoms with van der Waals surface area (Å²) in [4.78, 5) is 12.0. The highest BCUT2D eigenvalue weighted by atomic mass is 35.5. The second-order valence-electron chi connectivity index (χ2n) is 6.37. The lowest BCUT2D eigenvalue weighted by atomic mass is 10.2. The van der Waals surface area contributed by atoms with Crippen LogP contribution in [0.25, 0.3) is 0 Å². The molecular weight excluding hydrogens is 434 g/mol. The maximum absolute atomic E-state index is 14.2. The number of sulfonamides is 1. The molecule has 0 aliphatic rings. The first kappa shape index (κ1) is 21.9. The first-order chi connectivity index (χ1) is 14.3. The van der Waals surface area contributed by atoms with Crippen molar-refractivity contribution in [1.82, 2.24) is 4.31 Å². The third kappa shape index (κ3) is 5.21. The number of nitrogens with one attached hydrogen (secondary N) is 1. The zero-order valence-electron chi connectivity index (χ0n) is 15.6. The van der Waals surface area contributed by atoms with Crippen LogP contribution in [0.1, 0.15) is 5.56 Å². The predicted molar refractivity (Wildman–Crippen MR) is 110 cm³/mol. The van der Waals surface area contributed by atoms with Crippen molar-refractivity contribution in [2.45, 2.75) is 11.4 Å². The highest BCUT2D eigenvalue weighted by molar-refractivity contribution is 7.89. The molecule has 3 aromatic rings. The highest BCUT2D eigenvalue weighted by Crippen LogP contribution is 2.22. The molecule has 0 fully saturated rings. The number of nitrogens with zero attached hydrogens (tertiary/aromatic N) is 1. The first-order valence-electron chi connectivity index (χ1n) is 8.81. The fraction of sp³-hybridized carbons (Fsp3) is 0.0952. The molecule has 0 atom stereocenters. The molecule has 156 valence electrons. The highest BCUT2D eigenvalue weighted by Gasteiger charge is 2.29. The van der Waals surface area contributed by atoms with Gasteiger partial charge in [-0.3, -0.25) is 4.79 Å². The minimum Gasteiger partial charge on any atom is -0.325 e. The van der Waals surface area contributed by atoms with E-state index in [0.29, 0.717) is 5.56 Å². The Balaban J connectivity index is 1.88. The maximum atomic E-state index is 14.2. The molecule has 1 N–H and O–H groups in total. The molecule has 30 heavy (non-hydrogen) atoms. The van der Waals surface area contributed by atoms with Gasteiger partial charge in [-0.05, 0) is 35.9 Å². The number of halogens is 3. The molecular formula is C21H17ClF2N2O3S. The van der Waals surface area contributed by atoms with Gasteiger partial charge in [0.25, 0.3) is 0 Å². The van der Waals surface area contributed by atoms with Crippen LogP contribution in [0.15, 0.2) is 77.7 Å². The first-order valence-corrected chi connectivity index (χ1v) is 10.6. The number of benzene rings is 3. The molecule has 9 heteroatoms. The number of carbonyl (C=O) groups is 1. The molecule has 0 aromatic heterocycles. The van der Waals surface area contributed by atoms with Crippen LogP contribution in [0.5, 0.6) is 0 Å². The van der Waals surface area contributed by atoms with E-state index in [1.165, 1.54) is 24.3 Å². The topological polar surface area (TPSA) is 66.5 Å². The quantitative estimate of drug-likeness (QED) is 0.578. The summed E-state index contributed by atoms with van der Waals surface area (Å²) in [5.74, 6) is -2.25. The molecule has 3 aromatic carbocycles. The van der Waals surface area contributed by atoms with Crippen LogP contribution in [-0.4, -0.2) is 25.2 Å². The van der Waals surface area contributed by atoms with Gasteiger partial charge in [0.05, 0.1) is 11.6 Å². The molecule has 0 aliphatic carbocycles. The van der Waals surface area contributed by atoms with Crippen LogP contribution in [0.4, 0.5) is 14.5 Å². The molecule has 3 rings (SSSR count). The Kier molecular flexibility index (Phi) is 6.81. The van der Waals surface area contributed by atoms with E-state index < -0.39 is 39.0 Å². The zero-order valence-corrected chi connectivity index (χ0v) is 17.1. The fourth-order valence-corrected chi connectivity index (χ4v) is 4.37. The summed E-state index contributed by atoms with van der Waals surface area (Å²) in [6.07, 6.45) is 0. The normalized spacial score (nSPS) is 11.5. The van der Waals surface area contributed by atoms with Crippen LogP contribution in [0, 0.1) is 11.6 Å². The van der Waals surface area contributed by atoms with E-state index >= 15 is 0 Å². The fourth-order valence-electron chi connectivity index (χ4n) is 2.74. The molecule has 5 nitrogen and oxygen atoms in total. The van der Waals surface area contributed by atoms with E-state index in [9.17, 15) is 22.0 Å². The second-order valence-corrected chi connectivity index (χ2v) is 8.68. The monoisotopic (exact) mass is 450 g/mol. The standard InChI is InChI=1S/C21H17ClF2N2O3S/c22-17-12-16(10-11-18(17)23)25-21(27)14-26(13-15-6-2-1-3-7-15)30(28,29)20-9-5-4-8-19(20)24/h1-12H,13-14H2,(H,25,27). The summed E-state index contributed by atoms with van der Waals surface area (Å²) in [6.45, 7) is -0.727. The van der Waals surface area contributed by atoms with Crippen LogP contribution in [0.3, 0.4) is 0 Å². The summed E-state index contributed by atoms with van der Waals surface area (Å²) in [5, 5.41) is 2.29. The number of hydrogen-bond donors (Lipinski definition) is 1. The van der Waals surface area contributed by atoms with Gasteiger partial charge in [-0.1, -0.05) is 54.1 Å². The van der Waals surface area contributed by atoms with Crippen LogP contribution in [-0.2, 0) is 21.4 Å². The minimum atomic E-state index is -4.32. The molecule has 0 radical (unpaired) electrons. The van der Waals surface area contributed by atoms with Gasteiger partial charge in [0, 0.05) is 12.2 Å². The lowest BCUT2D eigenvalue weighted by molar-refractivity contribution is -0.116. The Morgan fingerprint density at radius 3 is 2.27 bits per heavy atom. The van der Waals surface area contributed by atoms with E-state index in [4.69, 9.17) is 11.6 Å². The number of rotatable bonds is 7. The third-order valence-corrected chi connectivity index (χ3v) is 6.29. The Bertz CT molecular complexity index is 1160. The van der Waals surface area contributed by atoms with Crippen LogP contribution < -0.4 is 5.32 Å². The molecule has 0 saturated heterocycles. The lowest BCUT2D eigenvalue weighted by Crippen LogP contribution is -2.38. The van der Waals surface area contributed by atoms with Crippen molar-refractivity contribution in [1.29, 1.82) is 0 Å². The van der Waals surface area contributed by atoms with Crippen molar-refractivity contribution in [3.05, 3.63) is 95.0 Å². The Morgan fingerprint density at radius 1 is 0.933 bits per heavy atom. The molecule has 0 aliphatic heterocycles. The van der Waals surface area contributed by atoms with Gasteiger partial charge in [-0.15, -0.1) is 0 Å². The molecule has 0 heterocycles. The van der Waals surface area contributed by atoms with E-state index in [0.717, 1.165) is 22.5 Å². The SMILES string of the molecule is O=C(CN(Cc1ccccc1)S(=O)(=O)c1ccccc1F)Nc1ccc(F)c(Cl)c1. The van der Waals surface area contributed by atoms with E-state index in [1.54, 1.807) is 30.3 Å². The molecule has 0 spiro atoms. The van der Waals surface area contributed by atoms with Gasteiger partial charge in [0.2, 0.25) is 15.9 Å². The van der Waals surface area contributed by atoms with Crippen molar-refractivity contribution in [2.75, 3.05) is 11.9 Å². The second kappa shape index (κ2) is 9.34.